The van der Waals surface area contributed by atoms with Gasteiger partial charge in [0.15, 0.2) is 0 Å². The van der Waals surface area contributed by atoms with Crippen LogP contribution in [0.15, 0.2) is 42.0 Å². The zero-order valence-electron chi connectivity index (χ0n) is 20.7. The van der Waals surface area contributed by atoms with Crippen molar-refractivity contribution in [3.8, 4) is 0 Å². The van der Waals surface area contributed by atoms with Gasteiger partial charge in [0.05, 0.1) is 12.1 Å². The molecule has 0 aliphatic heterocycles. The zero-order chi connectivity index (χ0) is 24.9. The molecule has 3 unspecified atom stereocenters. The number of aliphatic hydroxyl groups excluding tert-OH is 4. The Morgan fingerprint density at radius 2 is 1.59 bits per heavy atom. The van der Waals surface area contributed by atoms with Crippen molar-refractivity contribution in [2.24, 2.45) is 0 Å². The maximum absolute atomic E-state index is 12.6. The van der Waals surface area contributed by atoms with Crippen molar-refractivity contribution < 1.29 is 25.2 Å². The summed E-state index contributed by atoms with van der Waals surface area (Å²) in [6.45, 7) is 4.26. The molecule has 2 rings (SSSR count). The standard InChI is InChI=1S/C27H44N2O5/c1-3-5-6-7-8-9-13-16-23(30)29-22(24(31)20-14-11-10-12-15-20)18-28-21-17-19(4-2)25(32)27(34)26(21)33/h10-12,14-15,17,21-22,24-28,31-34H,3-9,13,16,18H2,1-2H3,(H,29,30)/t21-,22+,24?,25?,26?,27+/m1/s1. The molecule has 1 aliphatic rings. The number of nitrogens with one attached hydrogen (secondary N) is 2. The Bertz CT molecular complexity index is 742. The fraction of sp³-hybridized carbons (Fsp3) is 0.667. The van der Waals surface area contributed by atoms with Crippen molar-refractivity contribution in [3.05, 3.63) is 47.5 Å². The number of benzene rings is 1. The van der Waals surface area contributed by atoms with E-state index in [0.717, 1.165) is 19.3 Å². The van der Waals surface area contributed by atoms with Crippen LogP contribution in [0.4, 0.5) is 0 Å². The van der Waals surface area contributed by atoms with Crippen LogP contribution in [0.1, 0.15) is 83.3 Å². The third-order valence-electron chi connectivity index (χ3n) is 6.67. The summed E-state index contributed by atoms with van der Waals surface area (Å²) >= 11 is 0. The molecule has 7 heteroatoms. The van der Waals surface area contributed by atoms with Crippen molar-refractivity contribution in [2.45, 2.75) is 108 Å². The lowest BCUT2D eigenvalue weighted by molar-refractivity contribution is -0.122. The minimum Gasteiger partial charge on any atom is -0.388 e. The van der Waals surface area contributed by atoms with E-state index >= 15 is 0 Å². The van der Waals surface area contributed by atoms with Crippen molar-refractivity contribution in [1.29, 1.82) is 0 Å². The van der Waals surface area contributed by atoms with Crippen LogP contribution < -0.4 is 10.6 Å². The Kier molecular flexibility index (Phi) is 12.8. The number of hydrogen-bond acceptors (Lipinski definition) is 6. The van der Waals surface area contributed by atoms with Crippen LogP contribution in [0, 0.1) is 0 Å². The van der Waals surface area contributed by atoms with Crippen molar-refractivity contribution >= 4 is 5.91 Å². The molecule has 1 aromatic rings. The summed E-state index contributed by atoms with van der Waals surface area (Å²) in [6, 6.07) is 7.94. The van der Waals surface area contributed by atoms with Crippen molar-refractivity contribution in [2.75, 3.05) is 6.54 Å². The molecule has 34 heavy (non-hydrogen) atoms. The van der Waals surface area contributed by atoms with E-state index in [4.69, 9.17) is 0 Å². The minimum atomic E-state index is -1.29. The smallest absolute Gasteiger partial charge is 0.220 e. The summed E-state index contributed by atoms with van der Waals surface area (Å²) in [4.78, 5) is 12.6. The molecule has 0 aromatic heterocycles. The SMILES string of the molecule is CCCCCCCCCC(=O)N[C@@H](CN[C@@H]1C=C(CC)C(O)[C@H](O)C1O)C(O)c1ccccc1. The third kappa shape index (κ3) is 8.78. The van der Waals surface area contributed by atoms with Gasteiger partial charge in [-0.3, -0.25) is 4.79 Å². The molecular formula is C27H44N2O5. The fourth-order valence-electron chi connectivity index (χ4n) is 4.46. The van der Waals surface area contributed by atoms with Crippen LogP contribution in [-0.2, 0) is 4.79 Å². The van der Waals surface area contributed by atoms with Gasteiger partial charge in [0.1, 0.15) is 24.4 Å². The Balaban J connectivity index is 1.97. The van der Waals surface area contributed by atoms with Crippen LogP contribution in [0.3, 0.4) is 0 Å². The van der Waals surface area contributed by atoms with Gasteiger partial charge in [-0.1, -0.05) is 88.8 Å². The van der Waals surface area contributed by atoms with E-state index in [1.807, 2.05) is 37.3 Å². The lowest BCUT2D eigenvalue weighted by Crippen LogP contribution is -2.56. The lowest BCUT2D eigenvalue weighted by Gasteiger charge is -2.36. The van der Waals surface area contributed by atoms with Crippen LogP contribution >= 0.6 is 0 Å². The monoisotopic (exact) mass is 476 g/mol. The van der Waals surface area contributed by atoms with Crippen LogP contribution in [0.5, 0.6) is 0 Å². The van der Waals surface area contributed by atoms with E-state index in [9.17, 15) is 25.2 Å². The first-order valence-corrected chi connectivity index (χ1v) is 12.9. The molecule has 0 spiro atoms. The number of carbonyl (C=O) groups excluding carboxylic acids is 1. The summed E-state index contributed by atoms with van der Waals surface area (Å²) in [5.41, 5.74) is 1.34. The Hall–Kier alpha value is -1.77. The van der Waals surface area contributed by atoms with E-state index in [1.54, 1.807) is 6.08 Å². The number of aliphatic hydroxyl groups is 4. The Morgan fingerprint density at radius 1 is 0.941 bits per heavy atom. The van der Waals surface area contributed by atoms with Gasteiger partial charge >= 0.3 is 0 Å². The highest BCUT2D eigenvalue weighted by molar-refractivity contribution is 5.76. The molecule has 192 valence electrons. The lowest BCUT2D eigenvalue weighted by atomic mass is 9.86. The number of rotatable bonds is 15. The number of unbranched alkanes of at least 4 members (excludes halogenated alkanes) is 6. The second-order valence-corrected chi connectivity index (χ2v) is 9.36. The molecule has 0 saturated heterocycles. The number of hydrogen-bond donors (Lipinski definition) is 6. The van der Waals surface area contributed by atoms with E-state index in [2.05, 4.69) is 17.6 Å². The highest BCUT2D eigenvalue weighted by Crippen LogP contribution is 2.23. The third-order valence-corrected chi connectivity index (χ3v) is 6.67. The quantitative estimate of drug-likeness (QED) is 0.171. The minimum absolute atomic E-state index is 0.111. The van der Waals surface area contributed by atoms with E-state index < -0.39 is 36.5 Å². The molecule has 1 aliphatic carbocycles. The Labute approximate surface area is 204 Å². The number of amides is 1. The van der Waals surface area contributed by atoms with Crippen molar-refractivity contribution in [3.63, 3.8) is 0 Å². The van der Waals surface area contributed by atoms with Gasteiger partial charge in [-0.05, 0) is 24.0 Å². The maximum Gasteiger partial charge on any atom is 0.220 e. The highest BCUT2D eigenvalue weighted by atomic mass is 16.4. The molecule has 1 amide bonds. The van der Waals surface area contributed by atoms with Gasteiger partial charge in [-0.25, -0.2) is 0 Å². The van der Waals surface area contributed by atoms with Gasteiger partial charge in [0.25, 0.3) is 0 Å². The molecule has 6 N–H and O–H groups in total. The highest BCUT2D eigenvalue weighted by Gasteiger charge is 2.37. The second-order valence-electron chi connectivity index (χ2n) is 9.36. The van der Waals surface area contributed by atoms with E-state index in [1.165, 1.54) is 25.7 Å². The van der Waals surface area contributed by atoms with Gasteiger partial charge in [0.2, 0.25) is 5.91 Å². The molecule has 0 saturated carbocycles. The molecule has 0 heterocycles. The summed E-state index contributed by atoms with van der Waals surface area (Å²) in [6.07, 6.45) is 6.05. The molecule has 0 fully saturated rings. The zero-order valence-corrected chi connectivity index (χ0v) is 20.7. The molecule has 0 radical (unpaired) electrons. The van der Waals surface area contributed by atoms with Gasteiger partial charge < -0.3 is 31.1 Å². The summed E-state index contributed by atoms with van der Waals surface area (Å²) < 4.78 is 0. The predicted octanol–water partition coefficient (Wildman–Crippen LogP) is 2.74. The molecule has 1 aromatic carbocycles. The first kappa shape index (κ1) is 28.5. The fourth-order valence-corrected chi connectivity index (χ4v) is 4.46. The molecule has 0 bridgehead atoms. The van der Waals surface area contributed by atoms with Crippen LogP contribution in [-0.4, -0.2) is 63.3 Å². The van der Waals surface area contributed by atoms with Crippen molar-refractivity contribution in [1.82, 2.24) is 10.6 Å². The first-order valence-electron chi connectivity index (χ1n) is 12.9. The first-order chi connectivity index (χ1) is 16.4. The van der Waals surface area contributed by atoms with E-state index in [-0.39, 0.29) is 12.5 Å². The van der Waals surface area contributed by atoms with Crippen LogP contribution in [0.25, 0.3) is 0 Å². The second kappa shape index (κ2) is 15.3. The summed E-state index contributed by atoms with van der Waals surface area (Å²) in [5.74, 6) is -0.111. The topological polar surface area (TPSA) is 122 Å². The molecule has 6 atom stereocenters. The predicted molar refractivity (Wildman–Crippen MR) is 134 cm³/mol. The molecular weight excluding hydrogens is 432 g/mol. The molecule has 7 nitrogen and oxygen atoms in total. The maximum atomic E-state index is 12.6. The number of carbonyl (C=O) groups is 1. The average molecular weight is 477 g/mol. The normalized spacial score (nSPS) is 24.4. The largest absolute Gasteiger partial charge is 0.388 e. The van der Waals surface area contributed by atoms with Gasteiger partial charge in [-0.2, -0.15) is 0 Å². The summed E-state index contributed by atoms with van der Waals surface area (Å²) in [7, 11) is 0. The van der Waals surface area contributed by atoms with E-state index in [0.29, 0.717) is 24.0 Å². The van der Waals surface area contributed by atoms with Gasteiger partial charge in [-0.15, -0.1) is 0 Å². The Morgan fingerprint density at radius 3 is 2.24 bits per heavy atom. The summed E-state index contributed by atoms with van der Waals surface area (Å²) in [5, 5.41) is 47.9. The van der Waals surface area contributed by atoms with Gasteiger partial charge in [0, 0.05) is 13.0 Å². The van der Waals surface area contributed by atoms with Crippen LogP contribution in [0.2, 0.25) is 0 Å². The average Bonchev–Trinajstić information content (AvgIpc) is 2.85.